The molecule has 1 aromatic rings. The van der Waals surface area contributed by atoms with Crippen LogP contribution in [0.2, 0.25) is 0 Å². The van der Waals surface area contributed by atoms with E-state index in [0.29, 0.717) is 6.10 Å². The number of aryl methyl sites for hydroxylation is 1. The number of hydrogen-bond donors (Lipinski definition) is 0. The first kappa shape index (κ1) is 13.6. The van der Waals surface area contributed by atoms with Crippen LogP contribution in [-0.4, -0.2) is 6.61 Å². The smallest absolute Gasteiger partial charge is 0.106 e. The van der Waals surface area contributed by atoms with Gasteiger partial charge >= 0.3 is 0 Å². The van der Waals surface area contributed by atoms with E-state index in [1.54, 1.807) is 0 Å². The third-order valence-corrected chi connectivity index (χ3v) is 3.73. The topological polar surface area (TPSA) is 12.5 Å². The van der Waals surface area contributed by atoms with Gasteiger partial charge < -0.3 is 4.74 Å². The van der Waals surface area contributed by atoms with Gasteiger partial charge in [0.05, 0.1) is 6.61 Å². The first-order chi connectivity index (χ1) is 8.90. The minimum absolute atomic E-state index is 0.402. The molecule has 1 fully saturated rings. The fraction of sp³-hybridized carbons (Fsp3) is 0.647. The van der Waals surface area contributed by atoms with E-state index >= 15 is 0 Å². The van der Waals surface area contributed by atoms with Gasteiger partial charge in [0.15, 0.2) is 0 Å². The Morgan fingerprint density at radius 1 is 1.06 bits per heavy atom. The second kappa shape index (κ2) is 7.58. The molecule has 1 atom stereocenters. The predicted molar refractivity (Wildman–Crippen MR) is 76.8 cm³/mol. The molecule has 0 spiro atoms. The molecule has 18 heavy (non-hydrogen) atoms. The molecule has 1 heteroatoms. The molecule has 0 aromatic heterocycles. The molecule has 1 unspecified atom stereocenters. The maximum Gasteiger partial charge on any atom is 0.106 e. The molecule has 0 N–H and O–H groups in total. The van der Waals surface area contributed by atoms with Crippen LogP contribution < -0.4 is 0 Å². The number of benzene rings is 1. The summed E-state index contributed by atoms with van der Waals surface area (Å²) in [5, 5.41) is 0. The van der Waals surface area contributed by atoms with Crippen molar-refractivity contribution < 1.29 is 4.74 Å². The zero-order chi connectivity index (χ0) is 12.6. The lowest BCUT2D eigenvalue weighted by Crippen LogP contribution is -1.89. The van der Waals surface area contributed by atoms with Gasteiger partial charge in [0.1, 0.15) is 6.10 Å². The molecular formula is C17H26O. The van der Waals surface area contributed by atoms with Crippen LogP contribution in [0.25, 0.3) is 0 Å². The van der Waals surface area contributed by atoms with Crippen molar-refractivity contribution in [1.82, 2.24) is 0 Å². The summed E-state index contributed by atoms with van der Waals surface area (Å²) in [5.74, 6) is 0. The molecule has 1 aromatic carbocycles. The van der Waals surface area contributed by atoms with E-state index in [4.69, 9.17) is 4.74 Å². The third kappa shape index (κ3) is 4.81. The van der Waals surface area contributed by atoms with Gasteiger partial charge in [-0.3, -0.25) is 0 Å². The minimum Gasteiger partial charge on any atom is -0.368 e. The Labute approximate surface area is 112 Å². The third-order valence-electron chi connectivity index (χ3n) is 3.73. The standard InChI is InChI=1S/C17H26O/c1-2-3-4-5-6-7-8-10-15-11-9-12-16(13-15)17-14-18-17/h9,11-13,17H,2-8,10,14H2,1H3. The minimum atomic E-state index is 0.402. The summed E-state index contributed by atoms with van der Waals surface area (Å²) in [4.78, 5) is 0. The van der Waals surface area contributed by atoms with Gasteiger partial charge in [-0.1, -0.05) is 69.7 Å². The SMILES string of the molecule is CCCCCCCCCc1cccc(C2CO2)c1. The summed E-state index contributed by atoms with van der Waals surface area (Å²) in [6.45, 7) is 3.19. The van der Waals surface area contributed by atoms with Crippen molar-refractivity contribution in [3.63, 3.8) is 0 Å². The predicted octanol–water partition coefficient (Wildman–Crippen LogP) is 5.05. The normalized spacial score (nSPS) is 17.9. The van der Waals surface area contributed by atoms with Gasteiger partial charge in [0, 0.05) is 0 Å². The molecule has 0 radical (unpaired) electrons. The first-order valence-electron chi connectivity index (χ1n) is 7.60. The first-order valence-corrected chi connectivity index (χ1v) is 7.60. The highest BCUT2D eigenvalue weighted by atomic mass is 16.6. The second-order valence-corrected chi connectivity index (χ2v) is 5.44. The lowest BCUT2D eigenvalue weighted by Gasteiger charge is -2.04. The quantitative estimate of drug-likeness (QED) is 0.439. The van der Waals surface area contributed by atoms with Crippen LogP contribution in [0.1, 0.15) is 69.1 Å². The lowest BCUT2D eigenvalue weighted by atomic mass is 10.0. The summed E-state index contributed by atoms with van der Waals surface area (Å²) >= 11 is 0. The van der Waals surface area contributed by atoms with E-state index in [-0.39, 0.29) is 0 Å². The van der Waals surface area contributed by atoms with E-state index in [2.05, 4.69) is 31.2 Å². The van der Waals surface area contributed by atoms with Gasteiger partial charge in [0.25, 0.3) is 0 Å². The molecular weight excluding hydrogens is 220 g/mol. The Bertz CT molecular complexity index is 341. The van der Waals surface area contributed by atoms with Crippen molar-refractivity contribution >= 4 is 0 Å². The summed E-state index contributed by atoms with van der Waals surface area (Å²) in [6, 6.07) is 8.94. The number of rotatable bonds is 9. The molecule has 1 aliphatic rings. The second-order valence-electron chi connectivity index (χ2n) is 5.44. The summed E-state index contributed by atoms with van der Waals surface area (Å²) in [5.41, 5.74) is 2.85. The van der Waals surface area contributed by atoms with Crippen LogP contribution in [-0.2, 0) is 11.2 Å². The maximum atomic E-state index is 5.33. The summed E-state index contributed by atoms with van der Waals surface area (Å²) in [7, 11) is 0. The fourth-order valence-corrected chi connectivity index (χ4v) is 2.48. The van der Waals surface area contributed by atoms with Crippen molar-refractivity contribution in [1.29, 1.82) is 0 Å². The van der Waals surface area contributed by atoms with Gasteiger partial charge in [-0.05, 0) is 24.0 Å². The number of ether oxygens (including phenoxy) is 1. The molecule has 2 rings (SSSR count). The van der Waals surface area contributed by atoms with E-state index in [0.717, 1.165) is 6.61 Å². The molecule has 0 aliphatic carbocycles. The number of hydrogen-bond acceptors (Lipinski definition) is 1. The molecule has 0 saturated carbocycles. The van der Waals surface area contributed by atoms with Crippen LogP contribution in [0, 0.1) is 0 Å². The lowest BCUT2D eigenvalue weighted by molar-refractivity contribution is 0.415. The van der Waals surface area contributed by atoms with Gasteiger partial charge in [-0.15, -0.1) is 0 Å². The van der Waals surface area contributed by atoms with E-state index in [1.807, 2.05) is 0 Å². The Morgan fingerprint density at radius 2 is 1.78 bits per heavy atom. The monoisotopic (exact) mass is 246 g/mol. The summed E-state index contributed by atoms with van der Waals surface area (Å²) < 4.78 is 5.33. The largest absolute Gasteiger partial charge is 0.368 e. The average molecular weight is 246 g/mol. The molecule has 1 heterocycles. The van der Waals surface area contributed by atoms with Crippen molar-refractivity contribution in [3.05, 3.63) is 35.4 Å². The van der Waals surface area contributed by atoms with E-state index < -0.39 is 0 Å². The zero-order valence-corrected chi connectivity index (χ0v) is 11.7. The Balaban J connectivity index is 1.59. The maximum absolute atomic E-state index is 5.33. The molecule has 0 bridgehead atoms. The van der Waals surface area contributed by atoms with Crippen molar-refractivity contribution in [3.8, 4) is 0 Å². The van der Waals surface area contributed by atoms with Crippen LogP contribution in [0.15, 0.2) is 24.3 Å². The number of epoxide rings is 1. The van der Waals surface area contributed by atoms with Crippen molar-refractivity contribution in [2.75, 3.05) is 6.61 Å². The van der Waals surface area contributed by atoms with Crippen LogP contribution in [0.3, 0.4) is 0 Å². The fourth-order valence-electron chi connectivity index (χ4n) is 2.48. The number of unbranched alkanes of at least 4 members (excludes halogenated alkanes) is 6. The molecule has 1 saturated heterocycles. The molecule has 1 aliphatic heterocycles. The molecule has 0 amide bonds. The van der Waals surface area contributed by atoms with E-state index in [9.17, 15) is 0 Å². The van der Waals surface area contributed by atoms with Crippen LogP contribution in [0.4, 0.5) is 0 Å². The van der Waals surface area contributed by atoms with Gasteiger partial charge in [-0.25, -0.2) is 0 Å². The summed E-state index contributed by atoms with van der Waals surface area (Å²) in [6.07, 6.45) is 11.3. The zero-order valence-electron chi connectivity index (χ0n) is 11.7. The highest BCUT2D eigenvalue weighted by molar-refractivity contribution is 5.27. The highest BCUT2D eigenvalue weighted by Gasteiger charge is 2.24. The van der Waals surface area contributed by atoms with Crippen LogP contribution in [0.5, 0.6) is 0 Å². The van der Waals surface area contributed by atoms with Crippen molar-refractivity contribution in [2.24, 2.45) is 0 Å². The average Bonchev–Trinajstić information content (AvgIpc) is 3.22. The Hall–Kier alpha value is -0.820. The van der Waals surface area contributed by atoms with Crippen molar-refractivity contribution in [2.45, 2.75) is 64.4 Å². The molecule has 100 valence electrons. The Kier molecular flexibility index (Phi) is 5.73. The van der Waals surface area contributed by atoms with Gasteiger partial charge in [0.2, 0.25) is 0 Å². The van der Waals surface area contributed by atoms with Gasteiger partial charge in [-0.2, -0.15) is 0 Å². The van der Waals surface area contributed by atoms with Crippen LogP contribution >= 0.6 is 0 Å². The Morgan fingerprint density at radius 3 is 2.50 bits per heavy atom. The van der Waals surface area contributed by atoms with E-state index in [1.165, 1.54) is 62.5 Å². The molecule has 1 nitrogen and oxygen atoms in total. The highest BCUT2D eigenvalue weighted by Crippen LogP contribution is 2.30.